The molecule has 0 bridgehead atoms. The first-order valence-electron chi connectivity index (χ1n) is 7.07. The number of ether oxygens (including phenoxy) is 2. The molecule has 0 aromatic heterocycles. The molecular weight excluding hydrogens is 254 g/mol. The Balaban J connectivity index is 1.55. The normalized spacial score (nSPS) is 21.7. The van der Waals surface area contributed by atoms with Crippen LogP contribution >= 0.6 is 0 Å². The number of carbonyl (C=O) groups excluding carboxylic acids is 1. The Labute approximate surface area is 119 Å². The zero-order valence-corrected chi connectivity index (χ0v) is 11.5. The molecule has 0 radical (unpaired) electrons. The van der Waals surface area contributed by atoms with Crippen LogP contribution < -0.4 is 0 Å². The first-order chi connectivity index (χ1) is 9.77. The van der Waals surface area contributed by atoms with Gasteiger partial charge >= 0.3 is 0 Å². The molecule has 0 aliphatic carbocycles. The van der Waals surface area contributed by atoms with Gasteiger partial charge in [-0.1, -0.05) is 30.3 Å². The van der Waals surface area contributed by atoms with Crippen molar-refractivity contribution in [2.45, 2.75) is 18.6 Å². The molecule has 0 saturated carbocycles. The third-order valence-electron chi connectivity index (χ3n) is 3.87. The van der Waals surface area contributed by atoms with Crippen molar-refractivity contribution >= 4 is 12.0 Å². The summed E-state index contributed by atoms with van der Waals surface area (Å²) in [6, 6.07) is 9.85. The molecule has 2 aliphatic rings. The summed E-state index contributed by atoms with van der Waals surface area (Å²) in [6.45, 7) is 2.72. The van der Waals surface area contributed by atoms with Gasteiger partial charge in [-0.3, -0.25) is 4.79 Å². The molecule has 2 heterocycles. The van der Waals surface area contributed by atoms with E-state index in [4.69, 9.17) is 9.47 Å². The number of likely N-dealkylation sites (tertiary alicyclic amines) is 1. The fourth-order valence-corrected chi connectivity index (χ4v) is 2.69. The van der Waals surface area contributed by atoms with Gasteiger partial charge in [-0.05, 0) is 11.6 Å². The number of rotatable bonds is 2. The number of hydrogen-bond donors (Lipinski definition) is 0. The SMILES string of the molecule is O=C(/C=C/c1ccccc1)N1CCC2(CC1)OCCO2. The van der Waals surface area contributed by atoms with Crippen LogP contribution in [-0.4, -0.2) is 42.9 Å². The highest BCUT2D eigenvalue weighted by atomic mass is 16.7. The average Bonchev–Trinajstić information content (AvgIpc) is 2.95. The zero-order chi connectivity index (χ0) is 13.8. The lowest BCUT2D eigenvalue weighted by atomic mass is 10.0. The Hall–Kier alpha value is -1.65. The molecule has 1 aromatic rings. The minimum absolute atomic E-state index is 0.0571. The molecule has 4 heteroatoms. The van der Waals surface area contributed by atoms with E-state index in [9.17, 15) is 4.79 Å². The Morgan fingerprint density at radius 3 is 2.40 bits per heavy atom. The van der Waals surface area contributed by atoms with Crippen molar-refractivity contribution in [3.8, 4) is 0 Å². The monoisotopic (exact) mass is 273 g/mol. The predicted octanol–water partition coefficient (Wildman–Crippen LogP) is 2.07. The van der Waals surface area contributed by atoms with Gasteiger partial charge in [0, 0.05) is 32.0 Å². The second-order valence-corrected chi connectivity index (χ2v) is 5.18. The fourth-order valence-electron chi connectivity index (χ4n) is 2.69. The summed E-state index contributed by atoms with van der Waals surface area (Å²) in [6.07, 6.45) is 5.02. The number of hydrogen-bond acceptors (Lipinski definition) is 3. The Morgan fingerprint density at radius 1 is 1.10 bits per heavy atom. The van der Waals surface area contributed by atoms with Gasteiger partial charge in [0.05, 0.1) is 13.2 Å². The smallest absolute Gasteiger partial charge is 0.246 e. The van der Waals surface area contributed by atoms with Crippen LogP contribution in [0.15, 0.2) is 36.4 Å². The lowest BCUT2D eigenvalue weighted by Gasteiger charge is -2.37. The van der Waals surface area contributed by atoms with Crippen LogP contribution in [0.2, 0.25) is 0 Å². The first kappa shape index (κ1) is 13.3. The van der Waals surface area contributed by atoms with E-state index in [0.29, 0.717) is 26.3 Å². The van der Waals surface area contributed by atoms with Crippen molar-refractivity contribution in [1.82, 2.24) is 4.90 Å². The zero-order valence-electron chi connectivity index (χ0n) is 11.5. The third kappa shape index (κ3) is 2.92. The predicted molar refractivity (Wildman–Crippen MR) is 75.9 cm³/mol. The van der Waals surface area contributed by atoms with Crippen LogP contribution in [0.1, 0.15) is 18.4 Å². The lowest BCUT2D eigenvalue weighted by Crippen LogP contribution is -2.46. The lowest BCUT2D eigenvalue weighted by molar-refractivity contribution is -0.186. The number of carbonyl (C=O) groups is 1. The maximum atomic E-state index is 12.1. The van der Waals surface area contributed by atoms with Gasteiger partial charge in [-0.2, -0.15) is 0 Å². The second-order valence-electron chi connectivity index (χ2n) is 5.18. The summed E-state index contributed by atoms with van der Waals surface area (Å²) in [5.74, 6) is -0.360. The molecule has 2 saturated heterocycles. The van der Waals surface area contributed by atoms with E-state index < -0.39 is 5.79 Å². The number of nitrogens with zero attached hydrogens (tertiary/aromatic N) is 1. The van der Waals surface area contributed by atoms with Gasteiger partial charge in [0.2, 0.25) is 5.91 Å². The summed E-state index contributed by atoms with van der Waals surface area (Å²) in [4.78, 5) is 14.0. The molecule has 0 atom stereocenters. The average molecular weight is 273 g/mol. The quantitative estimate of drug-likeness (QED) is 0.774. The van der Waals surface area contributed by atoms with Crippen LogP contribution in [0.25, 0.3) is 6.08 Å². The van der Waals surface area contributed by atoms with E-state index in [-0.39, 0.29) is 5.91 Å². The second kappa shape index (κ2) is 5.77. The maximum absolute atomic E-state index is 12.1. The first-order valence-corrected chi connectivity index (χ1v) is 7.07. The van der Waals surface area contributed by atoms with E-state index in [1.165, 1.54) is 0 Å². The summed E-state index contributed by atoms with van der Waals surface area (Å²) >= 11 is 0. The molecule has 4 nitrogen and oxygen atoms in total. The Kier molecular flexibility index (Phi) is 3.85. The number of piperidine rings is 1. The Morgan fingerprint density at radius 2 is 1.75 bits per heavy atom. The van der Waals surface area contributed by atoms with Crippen molar-refractivity contribution in [1.29, 1.82) is 0 Å². The standard InChI is InChI=1S/C16H19NO3/c18-15(7-6-14-4-2-1-3-5-14)17-10-8-16(9-11-17)19-12-13-20-16/h1-7H,8-13H2/b7-6+. The van der Waals surface area contributed by atoms with E-state index >= 15 is 0 Å². The fraction of sp³-hybridized carbons (Fsp3) is 0.438. The molecule has 106 valence electrons. The topological polar surface area (TPSA) is 38.8 Å². The largest absolute Gasteiger partial charge is 0.347 e. The molecule has 20 heavy (non-hydrogen) atoms. The Bertz CT molecular complexity index is 482. The van der Waals surface area contributed by atoms with Crippen LogP contribution in [0.5, 0.6) is 0 Å². The van der Waals surface area contributed by atoms with E-state index in [1.807, 2.05) is 41.3 Å². The van der Waals surface area contributed by atoms with Crippen LogP contribution in [0.4, 0.5) is 0 Å². The van der Waals surface area contributed by atoms with Gasteiger partial charge in [0.25, 0.3) is 0 Å². The van der Waals surface area contributed by atoms with Crippen molar-refractivity contribution in [2.24, 2.45) is 0 Å². The van der Waals surface area contributed by atoms with Crippen LogP contribution in [0, 0.1) is 0 Å². The highest BCUT2D eigenvalue weighted by Crippen LogP contribution is 2.31. The highest BCUT2D eigenvalue weighted by Gasteiger charge is 2.40. The van der Waals surface area contributed by atoms with E-state index in [0.717, 1.165) is 18.4 Å². The van der Waals surface area contributed by atoms with E-state index in [1.54, 1.807) is 6.08 Å². The third-order valence-corrected chi connectivity index (χ3v) is 3.87. The van der Waals surface area contributed by atoms with Crippen molar-refractivity contribution in [2.75, 3.05) is 26.3 Å². The van der Waals surface area contributed by atoms with Crippen molar-refractivity contribution in [3.63, 3.8) is 0 Å². The molecular formula is C16H19NO3. The van der Waals surface area contributed by atoms with Gasteiger partial charge < -0.3 is 14.4 Å². The van der Waals surface area contributed by atoms with Crippen LogP contribution in [0.3, 0.4) is 0 Å². The minimum Gasteiger partial charge on any atom is -0.347 e. The van der Waals surface area contributed by atoms with Crippen LogP contribution in [-0.2, 0) is 14.3 Å². The van der Waals surface area contributed by atoms with Gasteiger partial charge in [-0.15, -0.1) is 0 Å². The molecule has 2 aliphatic heterocycles. The minimum atomic E-state index is -0.417. The number of benzene rings is 1. The van der Waals surface area contributed by atoms with Gasteiger partial charge in [0.15, 0.2) is 5.79 Å². The van der Waals surface area contributed by atoms with E-state index in [2.05, 4.69) is 0 Å². The van der Waals surface area contributed by atoms with Crippen molar-refractivity contribution in [3.05, 3.63) is 42.0 Å². The maximum Gasteiger partial charge on any atom is 0.246 e. The summed E-state index contributed by atoms with van der Waals surface area (Å²) < 4.78 is 11.3. The molecule has 0 unspecified atom stereocenters. The summed E-state index contributed by atoms with van der Waals surface area (Å²) in [5, 5.41) is 0. The molecule has 2 fully saturated rings. The molecule has 1 amide bonds. The summed E-state index contributed by atoms with van der Waals surface area (Å²) in [5.41, 5.74) is 1.04. The highest BCUT2D eigenvalue weighted by molar-refractivity contribution is 5.91. The van der Waals surface area contributed by atoms with Gasteiger partial charge in [0.1, 0.15) is 0 Å². The van der Waals surface area contributed by atoms with Crippen molar-refractivity contribution < 1.29 is 14.3 Å². The number of amides is 1. The van der Waals surface area contributed by atoms with Gasteiger partial charge in [-0.25, -0.2) is 0 Å². The molecule has 3 rings (SSSR count). The molecule has 0 N–H and O–H groups in total. The molecule has 1 spiro atoms. The molecule has 1 aromatic carbocycles. The summed E-state index contributed by atoms with van der Waals surface area (Å²) in [7, 11) is 0.